The van der Waals surface area contributed by atoms with E-state index in [0.29, 0.717) is 35.5 Å². The highest BCUT2D eigenvalue weighted by molar-refractivity contribution is 5.56. The van der Waals surface area contributed by atoms with Gasteiger partial charge < -0.3 is 34.6 Å². The van der Waals surface area contributed by atoms with E-state index in [0.717, 1.165) is 25.2 Å². The highest BCUT2D eigenvalue weighted by Gasteiger charge is 2.56. The Morgan fingerprint density at radius 1 is 1.31 bits per heavy atom. The molecule has 2 saturated heterocycles. The molecule has 0 spiro atoms. The molecular formula is C19H28N2O5. The summed E-state index contributed by atoms with van der Waals surface area (Å²) in [5.41, 5.74) is 0.616. The number of nitrogens with one attached hydrogen (secondary N) is 1. The summed E-state index contributed by atoms with van der Waals surface area (Å²) in [5, 5.41) is 23.5. The van der Waals surface area contributed by atoms with Gasteiger partial charge in [-0.1, -0.05) is 6.92 Å². The molecule has 0 aliphatic carbocycles. The van der Waals surface area contributed by atoms with Gasteiger partial charge in [0.05, 0.1) is 13.7 Å². The average Bonchev–Trinajstić information content (AvgIpc) is 3.36. The lowest BCUT2D eigenvalue weighted by Gasteiger charge is -2.34. The highest BCUT2D eigenvalue weighted by atomic mass is 16.7. The monoisotopic (exact) mass is 364 g/mol. The molecule has 3 aliphatic heterocycles. The van der Waals surface area contributed by atoms with Crippen molar-refractivity contribution in [2.45, 2.75) is 24.9 Å². The van der Waals surface area contributed by atoms with E-state index in [9.17, 15) is 10.2 Å². The lowest BCUT2D eigenvalue weighted by molar-refractivity contribution is 0.0980. The van der Waals surface area contributed by atoms with E-state index in [4.69, 9.17) is 14.2 Å². The van der Waals surface area contributed by atoms with Gasteiger partial charge >= 0.3 is 0 Å². The molecule has 144 valence electrons. The normalized spacial score (nSPS) is 32.8. The Balaban J connectivity index is 1.72. The van der Waals surface area contributed by atoms with Crippen LogP contribution in [0, 0.1) is 11.8 Å². The number of methoxy groups -OCH3 is 1. The predicted molar refractivity (Wildman–Crippen MR) is 95.6 cm³/mol. The van der Waals surface area contributed by atoms with Gasteiger partial charge in [-0.2, -0.15) is 0 Å². The van der Waals surface area contributed by atoms with Gasteiger partial charge in [0.15, 0.2) is 11.5 Å². The molecule has 0 bridgehead atoms. The Kier molecular flexibility index (Phi) is 4.73. The van der Waals surface area contributed by atoms with Crippen molar-refractivity contribution >= 4 is 0 Å². The zero-order valence-electron chi connectivity index (χ0n) is 15.4. The maximum absolute atomic E-state index is 10.2. The first-order valence-electron chi connectivity index (χ1n) is 9.35. The number of rotatable bonds is 6. The summed E-state index contributed by atoms with van der Waals surface area (Å²) in [5.74, 6) is 2.67. The number of ether oxygens (including phenoxy) is 3. The molecule has 0 aromatic heterocycles. The van der Waals surface area contributed by atoms with Crippen LogP contribution in [0.4, 0.5) is 0 Å². The third-order valence-corrected chi connectivity index (χ3v) is 6.35. The predicted octanol–water partition coefficient (Wildman–Crippen LogP) is 0.750. The SMILES string of the molecule is CCN1C[C@H]2[C@@H](C1)[C@](CO)(CCO)N[C@H]2c1cc(OC)c2c(c1)OCO2. The van der Waals surface area contributed by atoms with E-state index in [1.54, 1.807) is 7.11 Å². The van der Waals surface area contributed by atoms with Crippen molar-refractivity contribution in [3.63, 3.8) is 0 Å². The minimum Gasteiger partial charge on any atom is -0.493 e. The Labute approximate surface area is 153 Å². The largest absolute Gasteiger partial charge is 0.493 e. The summed E-state index contributed by atoms with van der Waals surface area (Å²) < 4.78 is 16.6. The first-order valence-corrected chi connectivity index (χ1v) is 9.35. The number of hydrogen-bond donors (Lipinski definition) is 3. The summed E-state index contributed by atoms with van der Waals surface area (Å²) in [4.78, 5) is 2.43. The van der Waals surface area contributed by atoms with E-state index in [2.05, 4.69) is 17.1 Å². The molecule has 0 unspecified atom stereocenters. The lowest BCUT2D eigenvalue weighted by Crippen LogP contribution is -2.51. The summed E-state index contributed by atoms with van der Waals surface area (Å²) in [7, 11) is 1.63. The summed E-state index contributed by atoms with van der Waals surface area (Å²) in [6.07, 6.45) is 0.542. The first kappa shape index (κ1) is 17.9. The third kappa shape index (κ3) is 2.65. The van der Waals surface area contributed by atoms with Gasteiger partial charge in [-0.15, -0.1) is 0 Å². The van der Waals surface area contributed by atoms with Crippen LogP contribution in [0.15, 0.2) is 12.1 Å². The average molecular weight is 364 g/mol. The maximum atomic E-state index is 10.2. The van der Waals surface area contributed by atoms with Gasteiger partial charge in [0.1, 0.15) is 0 Å². The Morgan fingerprint density at radius 2 is 2.15 bits per heavy atom. The second-order valence-electron chi connectivity index (χ2n) is 7.49. The van der Waals surface area contributed by atoms with Crippen LogP contribution in [-0.4, -0.2) is 67.4 Å². The van der Waals surface area contributed by atoms with Crippen LogP contribution in [-0.2, 0) is 0 Å². The highest BCUT2D eigenvalue weighted by Crippen LogP contribution is 2.51. The fourth-order valence-electron chi connectivity index (χ4n) is 4.98. The van der Waals surface area contributed by atoms with Gasteiger partial charge in [-0.25, -0.2) is 0 Å². The fraction of sp³-hybridized carbons (Fsp3) is 0.684. The number of likely N-dealkylation sites (tertiary alicyclic amines) is 1. The van der Waals surface area contributed by atoms with Crippen LogP contribution < -0.4 is 19.5 Å². The molecule has 7 heteroatoms. The third-order valence-electron chi connectivity index (χ3n) is 6.35. The standard InChI is InChI=1S/C19H28N2O5/c1-3-21-8-13-14(9-21)19(10-23,4-5-22)20-17(13)12-6-15(24-2)18-16(7-12)25-11-26-18/h6-7,13-14,17,20,22-23H,3-5,8-11H2,1-2H3/t13-,14+,17-,19+/m0/s1. The van der Waals surface area contributed by atoms with E-state index in [1.165, 1.54) is 0 Å². The minimum atomic E-state index is -0.461. The van der Waals surface area contributed by atoms with Crippen LogP contribution in [0.25, 0.3) is 0 Å². The van der Waals surface area contributed by atoms with Crippen molar-refractivity contribution in [3.8, 4) is 17.2 Å². The Bertz CT molecular complexity index is 670. The molecule has 7 nitrogen and oxygen atoms in total. The van der Waals surface area contributed by atoms with Crippen molar-refractivity contribution in [2.75, 3.05) is 46.8 Å². The second-order valence-corrected chi connectivity index (χ2v) is 7.49. The molecule has 26 heavy (non-hydrogen) atoms. The molecule has 4 rings (SSSR count). The molecule has 3 heterocycles. The molecule has 0 radical (unpaired) electrons. The molecule has 0 saturated carbocycles. The summed E-state index contributed by atoms with van der Waals surface area (Å²) >= 11 is 0. The van der Waals surface area contributed by atoms with Crippen LogP contribution in [0.3, 0.4) is 0 Å². The Hall–Kier alpha value is -1.54. The Morgan fingerprint density at radius 3 is 2.85 bits per heavy atom. The van der Waals surface area contributed by atoms with E-state index in [-0.39, 0.29) is 26.0 Å². The number of benzene rings is 1. The van der Waals surface area contributed by atoms with E-state index in [1.807, 2.05) is 12.1 Å². The number of nitrogens with zero attached hydrogens (tertiary/aromatic N) is 1. The van der Waals surface area contributed by atoms with Gasteiger partial charge in [0.2, 0.25) is 12.5 Å². The zero-order valence-corrected chi connectivity index (χ0v) is 15.4. The molecule has 4 atom stereocenters. The zero-order chi connectivity index (χ0) is 18.3. The van der Waals surface area contributed by atoms with Crippen molar-refractivity contribution < 1.29 is 24.4 Å². The van der Waals surface area contributed by atoms with Crippen molar-refractivity contribution in [3.05, 3.63) is 17.7 Å². The van der Waals surface area contributed by atoms with E-state index >= 15 is 0 Å². The maximum Gasteiger partial charge on any atom is 0.231 e. The quantitative estimate of drug-likeness (QED) is 0.687. The first-order chi connectivity index (χ1) is 12.7. The number of aliphatic hydroxyl groups is 2. The molecule has 2 fully saturated rings. The molecule has 1 aromatic carbocycles. The van der Waals surface area contributed by atoms with Gasteiger partial charge in [-0.3, -0.25) is 0 Å². The molecular weight excluding hydrogens is 336 g/mol. The van der Waals surface area contributed by atoms with Gasteiger partial charge in [0, 0.05) is 31.3 Å². The molecule has 3 aliphatic rings. The summed E-state index contributed by atoms with van der Waals surface area (Å²) in [6, 6.07) is 4.09. The van der Waals surface area contributed by atoms with Gasteiger partial charge in [-0.05, 0) is 42.5 Å². The molecule has 1 aromatic rings. The van der Waals surface area contributed by atoms with E-state index < -0.39 is 5.54 Å². The summed E-state index contributed by atoms with van der Waals surface area (Å²) in [6.45, 7) is 5.35. The number of hydrogen-bond acceptors (Lipinski definition) is 7. The van der Waals surface area contributed by atoms with Crippen molar-refractivity contribution in [2.24, 2.45) is 11.8 Å². The topological polar surface area (TPSA) is 83.4 Å². The number of fused-ring (bicyclic) bond motifs is 2. The molecule has 3 N–H and O–H groups in total. The fourth-order valence-corrected chi connectivity index (χ4v) is 4.98. The van der Waals surface area contributed by atoms with Crippen molar-refractivity contribution in [1.29, 1.82) is 0 Å². The second kappa shape index (κ2) is 6.88. The minimum absolute atomic E-state index is 0.0183. The number of aliphatic hydroxyl groups excluding tert-OH is 2. The van der Waals surface area contributed by atoms with Crippen LogP contribution in [0.1, 0.15) is 24.9 Å². The smallest absolute Gasteiger partial charge is 0.231 e. The van der Waals surface area contributed by atoms with Crippen LogP contribution >= 0.6 is 0 Å². The van der Waals surface area contributed by atoms with Crippen LogP contribution in [0.2, 0.25) is 0 Å². The van der Waals surface area contributed by atoms with Crippen molar-refractivity contribution in [1.82, 2.24) is 10.2 Å². The van der Waals surface area contributed by atoms with Gasteiger partial charge in [0.25, 0.3) is 0 Å². The molecule has 0 amide bonds. The van der Waals surface area contributed by atoms with Crippen LogP contribution in [0.5, 0.6) is 17.2 Å². The lowest BCUT2D eigenvalue weighted by atomic mass is 9.79.